The van der Waals surface area contributed by atoms with Crippen molar-refractivity contribution in [3.05, 3.63) is 35.9 Å². The molecule has 1 unspecified atom stereocenters. The van der Waals surface area contributed by atoms with Crippen molar-refractivity contribution in [2.45, 2.75) is 24.5 Å². The van der Waals surface area contributed by atoms with E-state index in [-0.39, 0.29) is 11.2 Å². The first kappa shape index (κ1) is 11.5. The number of amides is 1. The molecule has 2 rings (SSSR count). The average Bonchev–Trinajstić information content (AvgIpc) is 2.84. The summed E-state index contributed by atoms with van der Waals surface area (Å²) in [6.07, 6.45) is 3.15. The molecule has 1 N–H and O–H groups in total. The maximum atomic E-state index is 11.7. The van der Waals surface area contributed by atoms with Gasteiger partial charge in [0, 0.05) is 6.54 Å². The quantitative estimate of drug-likeness (QED) is 0.867. The topological polar surface area (TPSA) is 29.1 Å². The fourth-order valence-electron chi connectivity index (χ4n) is 1.87. The highest BCUT2D eigenvalue weighted by Crippen LogP contribution is 2.25. The molecule has 1 fully saturated rings. The predicted molar refractivity (Wildman–Crippen MR) is 68.6 cm³/mol. The normalized spacial score (nSPS) is 19.6. The van der Waals surface area contributed by atoms with E-state index in [1.54, 1.807) is 11.8 Å². The third-order valence-corrected chi connectivity index (χ3v) is 4.15. The smallest absolute Gasteiger partial charge is 0.233 e. The van der Waals surface area contributed by atoms with Gasteiger partial charge >= 0.3 is 0 Å². The number of benzene rings is 1. The predicted octanol–water partition coefficient (Wildman–Crippen LogP) is 2.24. The highest BCUT2D eigenvalue weighted by atomic mass is 32.2. The van der Waals surface area contributed by atoms with E-state index in [4.69, 9.17) is 0 Å². The lowest BCUT2D eigenvalue weighted by Gasteiger charge is -2.09. The zero-order valence-electron chi connectivity index (χ0n) is 9.32. The Balaban J connectivity index is 1.70. The van der Waals surface area contributed by atoms with Gasteiger partial charge in [-0.05, 0) is 30.6 Å². The summed E-state index contributed by atoms with van der Waals surface area (Å²) in [5, 5.41) is 3.22. The molecule has 0 aromatic heterocycles. The number of nitrogens with one attached hydrogen (secondary N) is 1. The lowest BCUT2D eigenvalue weighted by Crippen LogP contribution is -2.32. The first-order valence-corrected chi connectivity index (χ1v) is 6.84. The summed E-state index contributed by atoms with van der Waals surface area (Å²) in [4.78, 5) is 11.7. The van der Waals surface area contributed by atoms with Crippen LogP contribution in [0.3, 0.4) is 0 Å². The second-order valence-corrected chi connectivity index (χ2v) is 5.34. The number of thioether (sulfide) groups is 1. The van der Waals surface area contributed by atoms with E-state index in [1.807, 2.05) is 18.2 Å². The summed E-state index contributed by atoms with van der Waals surface area (Å²) >= 11 is 1.78. The molecule has 1 saturated heterocycles. The SMILES string of the molecule is O=C(NCCc1ccccc1)C1CCCS1. The molecule has 0 saturated carbocycles. The number of carbonyl (C=O) groups excluding carboxylic acids is 1. The first-order chi connectivity index (χ1) is 7.86. The van der Waals surface area contributed by atoms with Gasteiger partial charge in [0.15, 0.2) is 0 Å². The van der Waals surface area contributed by atoms with E-state index in [0.717, 1.165) is 25.1 Å². The summed E-state index contributed by atoms with van der Waals surface area (Å²) < 4.78 is 0. The summed E-state index contributed by atoms with van der Waals surface area (Å²) in [6, 6.07) is 10.3. The van der Waals surface area contributed by atoms with Crippen LogP contribution in [0.15, 0.2) is 30.3 Å². The molecule has 16 heavy (non-hydrogen) atoms. The lowest BCUT2D eigenvalue weighted by atomic mass is 10.1. The molecular weight excluding hydrogens is 218 g/mol. The number of hydrogen-bond donors (Lipinski definition) is 1. The van der Waals surface area contributed by atoms with Gasteiger partial charge in [-0.25, -0.2) is 0 Å². The van der Waals surface area contributed by atoms with Crippen LogP contribution in [0, 0.1) is 0 Å². The highest BCUT2D eigenvalue weighted by molar-refractivity contribution is 8.00. The van der Waals surface area contributed by atoms with Crippen molar-refractivity contribution in [2.24, 2.45) is 0 Å². The molecular formula is C13H17NOS. The second kappa shape index (κ2) is 5.94. The molecule has 0 spiro atoms. The Morgan fingerprint density at radius 3 is 2.88 bits per heavy atom. The van der Waals surface area contributed by atoms with Crippen molar-refractivity contribution in [3.63, 3.8) is 0 Å². The Labute approximate surface area is 101 Å². The molecule has 1 amide bonds. The van der Waals surface area contributed by atoms with Gasteiger partial charge in [-0.2, -0.15) is 0 Å². The van der Waals surface area contributed by atoms with E-state index in [1.165, 1.54) is 12.0 Å². The molecule has 0 radical (unpaired) electrons. The van der Waals surface area contributed by atoms with Crippen LogP contribution >= 0.6 is 11.8 Å². The average molecular weight is 235 g/mol. The molecule has 0 aliphatic carbocycles. The summed E-state index contributed by atoms with van der Waals surface area (Å²) in [5.74, 6) is 1.36. The Morgan fingerprint density at radius 2 is 2.19 bits per heavy atom. The Kier molecular flexibility index (Phi) is 4.28. The molecule has 1 atom stereocenters. The summed E-state index contributed by atoms with van der Waals surface area (Å²) in [7, 11) is 0. The van der Waals surface area contributed by atoms with Crippen LogP contribution in [0.4, 0.5) is 0 Å². The number of rotatable bonds is 4. The van der Waals surface area contributed by atoms with Crippen LogP contribution in [0.25, 0.3) is 0 Å². The van der Waals surface area contributed by atoms with Crippen molar-refractivity contribution in [3.8, 4) is 0 Å². The maximum absolute atomic E-state index is 11.7. The van der Waals surface area contributed by atoms with Crippen LogP contribution in [0.2, 0.25) is 0 Å². The van der Waals surface area contributed by atoms with Gasteiger partial charge < -0.3 is 5.32 Å². The third-order valence-electron chi connectivity index (χ3n) is 2.78. The summed E-state index contributed by atoms with van der Waals surface area (Å²) in [5.41, 5.74) is 1.28. The van der Waals surface area contributed by atoms with E-state index in [0.29, 0.717) is 0 Å². The summed E-state index contributed by atoms with van der Waals surface area (Å²) in [6.45, 7) is 0.750. The van der Waals surface area contributed by atoms with Crippen LogP contribution in [-0.2, 0) is 11.2 Å². The van der Waals surface area contributed by atoms with Crippen molar-refractivity contribution >= 4 is 17.7 Å². The van der Waals surface area contributed by atoms with Crippen molar-refractivity contribution < 1.29 is 4.79 Å². The fraction of sp³-hybridized carbons (Fsp3) is 0.462. The molecule has 1 heterocycles. The largest absolute Gasteiger partial charge is 0.355 e. The Hall–Kier alpha value is -0.960. The molecule has 1 aliphatic heterocycles. The van der Waals surface area contributed by atoms with Crippen molar-refractivity contribution in [1.29, 1.82) is 0 Å². The van der Waals surface area contributed by atoms with Gasteiger partial charge in [0.25, 0.3) is 0 Å². The van der Waals surface area contributed by atoms with Gasteiger partial charge in [0.1, 0.15) is 0 Å². The minimum atomic E-state index is 0.204. The maximum Gasteiger partial charge on any atom is 0.233 e. The second-order valence-electron chi connectivity index (χ2n) is 4.03. The van der Waals surface area contributed by atoms with Crippen LogP contribution < -0.4 is 5.32 Å². The lowest BCUT2D eigenvalue weighted by molar-refractivity contribution is -0.120. The minimum absolute atomic E-state index is 0.204. The van der Waals surface area contributed by atoms with Crippen LogP contribution in [0.1, 0.15) is 18.4 Å². The third kappa shape index (κ3) is 3.27. The number of carbonyl (C=O) groups is 1. The van der Waals surface area contributed by atoms with Gasteiger partial charge in [-0.3, -0.25) is 4.79 Å². The van der Waals surface area contributed by atoms with E-state index < -0.39 is 0 Å². The molecule has 3 heteroatoms. The van der Waals surface area contributed by atoms with E-state index in [9.17, 15) is 4.79 Å². The van der Waals surface area contributed by atoms with Crippen LogP contribution in [-0.4, -0.2) is 23.5 Å². The monoisotopic (exact) mass is 235 g/mol. The van der Waals surface area contributed by atoms with Gasteiger partial charge in [0.2, 0.25) is 5.91 Å². The van der Waals surface area contributed by atoms with Gasteiger partial charge in [-0.1, -0.05) is 30.3 Å². The highest BCUT2D eigenvalue weighted by Gasteiger charge is 2.22. The van der Waals surface area contributed by atoms with Gasteiger partial charge in [-0.15, -0.1) is 11.8 Å². The first-order valence-electron chi connectivity index (χ1n) is 5.79. The van der Waals surface area contributed by atoms with Gasteiger partial charge in [0.05, 0.1) is 5.25 Å². The van der Waals surface area contributed by atoms with Crippen molar-refractivity contribution in [1.82, 2.24) is 5.32 Å². The molecule has 2 nitrogen and oxygen atoms in total. The van der Waals surface area contributed by atoms with Crippen molar-refractivity contribution in [2.75, 3.05) is 12.3 Å². The zero-order chi connectivity index (χ0) is 11.2. The van der Waals surface area contributed by atoms with Crippen LogP contribution in [0.5, 0.6) is 0 Å². The Bertz CT molecular complexity index is 333. The zero-order valence-corrected chi connectivity index (χ0v) is 10.1. The fourth-order valence-corrected chi connectivity index (χ4v) is 3.06. The molecule has 1 aromatic carbocycles. The standard InChI is InChI=1S/C13H17NOS/c15-13(12-7-4-10-16-12)14-9-8-11-5-2-1-3-6-11/h1-3,5-6,12H,4,7-10H2,(H,14,15). The van der Waals surface area contributed by atoms with E-state index >= 15 is 0 Å². The molecule has 86 valence electrons. The minimum Gasteiger partial charge on any atom is -0.355 e. The molecule has 1 aromatic rings. The number of hydrogen-bond acceptors (Lipinski definition) is 2. The van der Waals surface area contributed by atoms with E-state index in [2.05, 4.69) is 17.4 Å². The Morgan fingerprint density at radius 1 is 1.38 bits per heavy atom. The molecule has 1 aliphatic rings. The molecule has 0 bridgehead atoms.